The minimum atomic E-state index is -1.61. The molecule has 92 valence electrons. The Morgan fingerprint density at radius 3 is 2.71 bits per heavy atom. The van der Waals surface area contributed by atoms with Gasteiger partial charge in [-0.2, -0.15) is 0 Å². The van der Waals surface area contributed by atoms with E-state index in [2.05, 4.69) is 4.72 Å². The third-order valence-corrected chi connectivity index (χ3v) is 4.01. The van der Waals surface area contributed by atoms with Crippen LogP contribution in [0.25, 0.3) is 0 Å². The Morgan fingerprint density at radius 1 is 1.53 bits per heavy atom. The van der Waals surface area contributed by atoms with E-state index in [1.165, 1.54) is 0 Å². The van der Waals surface area contributed by atoms with Crippen LogP contribution in [0.1, 0.15) is 23.2 Å². The number of hydrogen-bond donors (Lipinski definition) is 2. The van der Waals surface area contributed by atoms with Crippen molar-refractivity contribution in [3.05, 3.63) is 28.5 Å². The average molecular weight is 278 g/mol. The van der Waals surface area contributed by atoms with E-state index in [0.717, 1.165) is 25.0 Å². The van der Waals surface area contributed by atoms with Crippen molar-refractivity contribution in [1.29, 1.82) is 0 Å². The Bertz CT molecular complexity index is 505. The minimum Gasteiger partial charge on any atom is -0.478 e. The average Bonchev–Trinajstić information content (AvgIpc) is 3.00. The lowest BCUT2D eigenvalue weighted by Gasteiger charge is -2.07. The molecule has 0 bridgehead atoms. The summed E-state index contributed by atoms with van der Waals surface area (Å²) in [7, 11) is -1.61. The van der Waals surface area contributed by atoms with Crippen LogP contribution in [0, 0.1) is 5.82 Å². The molecule has 1 aromatic carbocycles. The molecule has 0 aliphatic heterocycles. The number of rotatable bonds is 4. The minimum absolute atomic E-state index is 0.0426. The number of hydrogen-bond acceptors (Lipinski definition) is 2. The van der Waals surface area contributed by atoms with Gasteiger partial charge in [-0.25, -0.2) is 18.1 Å². The molecule has 1 saturated carbocycles. The topological polar surface area (TPSA) is 66.4 Å². The lowest BCUT2D eigenvalue weighted by Crippen LogP contribution is -2.20. The van der Waals surface area contributed by atoms with Gasteiger partial charge in [-0.1, -0.05) is 11.6 Å². The second kappa shape index (κ2) is 4.72. The molecule has 1 unspecified atom stereocenters. The zero-order valence-corrected chi connectivity index (χ0v) is 10.1. The van der Waals surface area contributed by atoms with Crippen LogP contribution >= 0.6 is 11.6 Å². The van der Waals surface area contributed by atoms with Gasteiger partial charge in [0.05, 0.1) is 15.5 Å². The van der Waals surface area contributed by atoms with E-state index in [4.69, 9.17) is 16.7 Å². The summed E-state index contributed by atoms with van der Waals surface area (Å²) in [6, 6.07) is 2.04. The molecule has 0 saturated heterocycles. The number of aromatic carboxylic acids is 1. The first kappa shape index (κ1) is 12.5. The molecule has 0 aromatic heterocycles. The highest BCUT2D eigenvalue weighted by Crippen LogP contribution is 2.26. The first-order valence-electron chi connectivity index (χ1n) is 4.89. The Kier molecular flexibility index (Phi) is 3.46. The second-order valence-electron chi connectivity index (χ2n) is 3.73. The molecule has 0 amide bonds. The van der Waals surface area contributed by atoms with Gasteiger partial charge in [-0.15, -0.1) is 0 Å². The van der Waals surface area contributed by atoms with Crippen LogP contribution in [0.3, 0.4) is 0 Å². The number of carboxylic acid groups (broad SMARTS) is 1. The van der Waals surface area contributed by atoms with E-state index in [9.17, 15) is 13.4 Å². The number of halogens is 2. The highest BCUT2D eigenvalue weighted by Gasteiger charge is 2.25. The predicted molar refractivity (Wildman–Crippen MR) is 60.9 cm³/mol. The molecule has 0 heterocycles. The fraction of sp³-hybridized carbons (Fsp3) is 0.300. The van der Waals surface area contributed by atoms with Gasteiger partial charge in [0, 0.05) is 6.04 Å². The van der Waals surface area contributed by atoms with Crippen molar-refractivity contribution in [2.75, 3.05) is 0 Å². The van der Waals surface area contributed by atoms with Gasteiger partial charge >= 0.3 is 5.97 Å². The highest BCUT2D eigenvalue weighted by atomic mass is 35.5. The molecule has 1 atom stereocenters. The lowest BCUT2D eigenvalue weighted by molar-refractivity contribution is 0.0691. The van der Waals surface area contributed by atoms with Gasteiger partial charge in [-0.3, -0.25) is 0 Å². The van der Waals surface area contributed by atoms with Gasteiger partial charge in [0.25, 0.3) is 0 Å². The van der Waals surface area contributed by atoms with Gasteiger partial charge < -0.3 is 5.11 Å². The summed E-state index contributed by atoms with van der Waals surface area (Å²) in [6.07, 6.45) is 1.85. The third-order valence-electron chi connectivity index (χ3n) is 2.30. The Balaban J connectivity index is 2.34. The lowest BCUT2D eigenvalue weighted by atomic mass is 10.2. The van der Waals surface area contributed by atoms with Crippen molar-refractivity contribution < 1.29 is 18.5 Å². The van der Waals surface area contributed by atoms with Crippen LogP contribution in [-0.4, -0.2) is 21.3 Å². The maximum atomic E-state index is 13.2. The maximum Gasteiger partial charge on any atom is 0.338 e. The van der Waals surface area contributed by atoms with Crippen molar-refractivity contribution in [1.82, 2.24) is 4.72 Å². The summed E-state index contributed by atoms with van der Waals surface area (Å²) < 4.78 is 27.8. The molecule has 0 radical (unpaired) electrons. The highest BCUT2D eigenvalue weighted by molar-refractivity contribution is 7.83. The predicted octanol–water partition coefficient (Wildman–Crippen LogP) is 1.95. The number of benzene rings is 1. The first-order valence-corrected chi connectivity index (χ1v) is 6.42. The molecule has 0 spiro atoms. The molecule has 4 nitrogen and oxygen atoms in total. The maximum absolute atomic E-state index is 13.2. The van der Waals surface area contributed by atoms with Crippen LogP contribution in [0.2, 0.25) is 5.02 Å². The van der Waals surface area contributed by atoms with Gasteiger partial charge in [0.2, 0.25) is 0 Å². The molecule has 2 N–H and O–H groups in total. The van der Waals surface area contributed by atoms with E-state index < -0.39 is 28.3 Å². The molecule has 1 aliphatic carbocycles. The fourth-order valence-electron chi connectivity index (χ4n) is 1.25. The standard InChI is InChI=1S/C10H9ClFNO3S/c11-7-4-8(12)6(10(14)15)3-9(7)17(16)13-5-1-2-5/h3-5,13H,1-2H2,(H,14,15). The summed E-state index contributed by atoms with van der Waals surface area (Å²) in [4.78, 5) is 10.8. The zero-order chi connectivity index (χ0) is 12.6. The van der Waals surface area contributed by atoms with Crippen molar-refractivity contribution >= 4 is 28.6 Å². The van der Waals surface area contributed by atoms with E-state index in [1.54, 1.807) is 0 Å². The SMILES string of the molecule is O=C(O)c1cc(S(=O)NC2CC2)c(Cl)cc1F. The second-order valence-corrected chi connectivity index (χ2v) is 5.35. The van der Waals surface area contributed by atoms with Crippen LogP contribution < -0.4 is 4.72 Å². The van der Waals surface area contributed by atoms with Gasteiger partial charge in [0.15, 0.2) is 0 Å². The Morgan fingerprint density at radius 2 is 2.18 bits per heavy atom. The summed E-state index contributed by atoms with van der Waals surface area (Å²) in [6.45, 7) is 0. The number of carbonyl (C=O) groups is 1. The molecule has 1 aromatic rings. The van der Waals surface area contributed by atoms with E-state index >= 15 is 0 Å². The quantitative estimate of drug-likeness (QED) is 0.884. The first-order chi connectivity index (χ1) is 7.99. The molecule has 1 aliphatic rings. The largest absolute Gasteiger partial charge is 0.478 e. The Labute approximate surface area is 104 Å². The van der Waals surface area contributed by atoms with Crippen molar-refractivity contribution in [3.63, 3.8) is 0 Å². The monoisotopic (exact) mass is 277 g/mol. The van der Waals surface area contributed by atoms with Crippen LogP contribution in [0.5, 0.6) is 0 Å². The van der Waals surface area contributed by atoms with Crippen LogP contribution in [-0.2, 0) is 11.0 Å². The summed E-state index contributed by atoms with van der Waals surface area (Å²) in [5.74, 6) is -2.35. The summed E-state index contributed by atoms with van der Waals surface area (Å²) in [5.41, 5.74) is -0.532. The Hall–Kier alpha value is -0.980. The molecule has 1 fully saturated rings. The van der Waals surface area contributed by atoms with Crippen LogP contribution in [0.15, 0.2) is 17.0 Å². The smallest absolute Gasteiger partial charge is 0.338 e. The van der Waals surface area contributed by atoms with E-state index in [0.29, 0.717) is 0 Å². The molecular formula is C10H9ClFNO3S. The fourth-order valence-corrected chi connectivity index (χ4v) is 2.74. The molecule has 17 heavy (non-hydrogen) atoms. The zero-order valence-electron chi connectivity index (χ0n) is 8.57. The molecular weight excluding hydrogens is 269 g/mol. The molecule has 7 heteroatoms. The summed E-state index contributed by atoms with van der Waals surface area (Å²) in [5, 5.41) is 8.71. The van der Waals surface area contributed by atoms with Crippen molar-refractivity contribution in [3.8, 4) is 0 Å². The number of carboxylic acids is 1. The van der Waals surface area contributed by atoms with E-state index in [1.807, 2.05) is 0 Å². The van der Waals surface area contributed by atoms with Gasteiger partial charge in [-0.05, 0) is 25.0 Å². The van der Waals surface area contributed by atoms with Crippen LogP contribution in [0.4, 0.5) is 4.39 Å². The van der Waals surface area contributed by atoms with Gasteiger partial charge in [0.1, 0.15) is 16.8 Å². The summed E-state index contributed by atoms with van der Waals surface area (Å²) >= 11 is 5.74. The number of nitrogens with one attached hydrogen (secondary N) is 1. The normalized spacial score (nSPS) is 16.8. The third kappa shape index (κ3) is 2.83. The molecule has 2 rings (SSSR count). The van der Waals surface area contributed by atoms with Crippen molar-refractivity contribution in [2.45, 2.75) is 23.8 Å². The van der Waals surface area contributed by atoms with E-state index in [-0.39, 0.29) is 16.0 Å². The van der Waals surface area contributed by atoms with Crippen molar-refractivity contribution in [2.24, 2.45) is 0 Å².